The molecule has 0 aromatic heterocycles. The number of amides is 2. The zero-order valence-electron chi connectivity index (χ0n) is 13.1. The van der Waals surface area contributed by atoms with E-state index in [1.165, 1.54) is 11.3 Å². The number of hydrogen-bond donors (Lipinski definition) is 1. The highest BCUT2D eigenvalue weighted by molar-refractivity contribution is 9.10. The number of anilines is 2. The second-order valence-electron chi connectivity index (χ2n) is 5.70. The van der Waals surface area contributed by atoms with Crippen molar-refractivity contribution in [3.8, 4) is 0 Å². The van der Waals surface area contributed by atoms with Crippen LogP contribution in [0.2, 0.25) is 0 Å². The summed E-state index contributed by atoms with van der Waals surface area (Å²) in [4.78, 5) is 16.5. The van der Waals surface area contributed by atoms with Crippen LogP contribution < -0.4 is 10.2 Å². The maximum absolute atomic E-state index is 12.3. The average Bonchev–Trinajstić information content (AvgIpc) is 2.58. The Hall–Kier alpha value is -2.01. The first kappa shape index (κ1) is 15.9. The van der Waals surface area contributed by atoms with Gasteiger partial charge in [0, 0.05) is 42.0 Å². The van der Waals surface area contributed by atoms with E-state index in [9.17, 15) is 4.79 Å². The predicted octanol–water partition coefficient (Wildman–Crippen LogP) is 4.11. The van der Waals surface area contributed by atoms with Gasteiger partial charge in [-0.25, -0.2) is 4.79 Å². The fourth-order valence-electron chi connectivity index (χ4n) is 2.67. The van der Waals surface area contributed by atoms with Crippen LogP contribution >= 0.6 is 15.9 Å². The number of carbonyl (C=O) groups is 1. The van der Waals surface area contributed by atoms with Gasteiger partial charge < -0.3 is 15.1 Å². The van der Waals surface area contributed by atoms with E-state index in [-0.39, 0.29) is 6.03 Å². The number of para-hydroxylation sites is 1. The lowest BCUT2D eigenvalue weighted by atomic mass is 10.2. The monoisotopic (exact) mass is 373 g/mol. The molecule has 0 unspecified atom stereocenters. The second-order valence-corrected chi connectivity index (χ2v) is 6.56. The van der Waals surface area contributed by atoms with Gasteiger partial charge >= 0.3 is 6.03 Å². The summed E-state index contributed by atoms with van der Waals surface area (Å²) in [6.07, 6.45) is 0. The lowest BCUT2D eigenvalue weighted by Crippen LogP contribution is -2.50. The van der Waals surface area contributed by atoms with E-state index >= 15 is 0 Å². The molecule has 1 N–H and O–H groups in total. The molecule has 2 aromatic rings. The Morgan fingerprint density at radius 2 is 1.74 bits per heavy atom. The van der Waals surface area contributed by atoms with Gasteiger partial charge in [-0.1, -0.05) is 40.2 Å². The minimum atomic E-state index is -0.0269. The summed E-state index contributed by atoms with van der Waals surface area (Å²) in [5.74, 6) is 0. The average molecular weight is 374 g/mol. The number of halogens is 1. The smallest absolute Gasteiger partial charge is 0.321 e. The van der Waals surface area contributed by atoms with Gasteiger partial charge in [0.15, 0.2) is 0 Å². The molecule has 0 aliphatic carbocycles. The van der Waals surface area contributed by atoms with E-state index in [0.717, 1.165) is 36.3 Å². The molecule has 0 bridgehead atoms. The fourth-order valence-corrected chi connectivity index (χ4v) is 3.04. The SMILES string of the molecule is Cc1ccc(N2CCN(C(=O)Nc3ccccc3)CC2)cc1Br. The van der Waals surface area contributed by atoms with Crippen molar-refractivity contribution >= 4 is 33.3 Å². The zero-order chi connectivity index (χ0) is 16.2. The standard InChI is InChI=1S/C18H20BrN3O/c1-14-7-8-16(13-17(14)19)21-9-11-22(12-10-21)18(23)20-15-5-3-2-4-6-15/h2-8,13H,9-12H2,1H3,(H,20,23). The van der Waals surface area contributed by atoms with Crippen LogP contribution in [0.5, 0.6) is 0 Å². The first-order valence-electron chi connectivity index (χ1n) is 7.75. The Morgan fingerprint density at radius 1 is 1.04 bits per heavy atom. The minimum Gasteiger partial charge on any atom is -0.368 e. The van der Waals surface area contributed by atoms with Crippen molar-refractivity contribution in [1.82, 2.24) is 4.90 Å². The van der Waals surface area contributed by atoms with Crippen LogP contribution in [-0.4, -0.2) is 37.1 Å². The molecule has 0 atom stereocenters. The molecule has 0 spiro atoms. The van der Waals surface area contributed by atoms with Crippen molar-refractivity contribution in [3.05, 3.63) is 58.6 Å². The van der Waals surface area contributed by atoms with Crippen LogP contribution in [0.3, 0.4) is 0 Å². The van der Waals surface area contributed by atoms with Crippen molar-refractivity contribution in [1.29, 1.82) is 0 Å². The number of urea groups is 1. The Balaban J connectivity index is 1.57. The van der Waals surface area contributed by atoms with Crippen molar-refractivity contribution in [2.75, 3.05) is 36.4 Å². The molecule has 23 heavy (non-hydrogen) atoms. The van der Waals surface area contributed by atoms with E-state index in [2.05, 4.69) is 51.3 Å². The number of benzene rings is 2. The molecule has 0 radical (unpaired) electrons. The summed E-state index contributed by atoms with van der Waals surface area (Å²) in [5, 5.41) is 2.94. The molecule has 1 aliphatic rings. The van der Waals surface area contributed by atoms with Crippen LogP contribution in [-0.2, 0) is 0 Å². The molecule has 2 amide bonds. The highest BCUT2D eigenvalue weighted by atomic mass is 79.9. The lowest BCUT2D eigenvalue weighted by Gasteiger charge is -2.36. The maximum Gasteiger partial charge on any atom is 0.321 e. The topological polar surface area (TPSA) is 35.6 Å². The third-order valence-electron chi connectivity index (χ3n) is 4.11. The summed E-state index contributed by atoms with van der Waals surface area (Å²) in [7, 11) is 0. The van der Waals surface area contributed by atoms with Crippen LogP contribution in [0.15, 0.2) is 53.0 Å². The number of rotatable bonds is 2. The fraction of sp³-hybridized carbons (Fsp3) is 0.278. The van der Waals surface area contributed by atoms with Crippen LogP contribution in [0, 0.1) is 6.92 Å². The molecular weight excluding hydrogens is 354 g/mol. The van der Waals surface area contributed by atoms with Crippen molar-refractivity contribution in [2.45, 2.75) is 6.92 Å². The van der Waals surface area contributed by atoms with Gasteiger partial charge in [-0.05, 0) is 36.8 Å². The third kappa shape index (κ3) is 3.85. The van der Waals surface area contributed by atoms with E-state index in [4.69, 9.17) is 0 Å². The lowest BCUT2D eigenvalue weighted by molar-refractivity contribution is 0.208. The maximum atomic E-state index is 12.3. The Labute approximate surface area is 145 Å². The Morgan fingerprint density at radius 3 is 2.39 bits per heavy atom. The molecular formula is C18H20BrN3O. The second kappa shape index (κ2) is 7.04. The van der Waals surface area contributed by atoms with Crippen molar-refractivity contribution in [2.24, 2.45) is 0 Å². The number of carbonyl (C=O) groups excluding carboxylic acids is 1. The highest BCUT2D eigenvalue weighted by Gasteiger charge is 2.21. The molecule has 1 heterocycles. The molecule has 1 aliphatic heterocycles. The summed E-state index contributed by atoms with van der Waals surface area (Å²) in [6.45, 7) is 5.23. The van der Waals surface area contributed by atoms with E-state index < -0.39 is 0 Å². The molecule has 4 nitrogen and oxygen atoms in total. The number of nitrogens with one attached hydrogen (secondary N) is 1. The van der Waals surface area contributed by atoms with Gasteiger partial charge in [0.1, 0.15) is 0 Å². The largest absolute Gasteiger partial charge is 0.368 e. The first-order chi connectivity index (χ1) is 11.1. The Kier molecular flexibility index (Phi) is 4.86. The third-order valence-corrected chi connectivity index (χ3v) is 4.97. The quantitative estimate of drug-likeness (QED) is 0.859. The van der Waals surface area contributed by atoms with Gasteiger partial charge in [-0.3, -0.25) is 0 Å². The molecule has 5 heteroatoms. The summed E-state index contributed by atoms with van der Waals surface area (Å²) >= 11 is 3.58. The van der Waals surface area contributed by atoms with Gasteiger partial charge in [-0.2, -0.15) is 0 Å². The first-order valence-corrected chi connectivity index (χ1v) is 8.55. The van der Waals surface area contributed by atoms with E-state index in [1.807, 2.05) is 35.2 Å². The summed E-state index contributed by atoms with van der Waals surface area (Å²) < 4.78 is 1.12. The van der Waals surface area contributed by atoms with Crippen molar-refractivity contribution in [3.63, 3.8) is 0 Å². The molecule has 1 saturated heterocycles. The Bertz CT molecular complexity index is 682. The van der Waals surface area contributed by atoms with E-state index in [0.29, 0.717) is 0 Å². The van der Waals surface area contributed by atoms with Gasteiger partial charge in [0.05, 0.1) is 0 Å². The molecule has 120 valence electrons. The van der Waals surface area contributed by atoms with Crippen molar-refractivity contribution < 1.29 is 4.79 Å². The van der Waals surface area contributed by atoms with Gasteiger partial charge in [-0.15, -0.1) is 0 Å². The predicted molar refractivity (Wildman–Crippen MR) is 98.1 cm³/mol. The minimum absolute atomic E-state index is 0.0269. The van der Waals surface area contributed by atoms with Crippen LogP contribution in [0.25, 0.3) is 0 Å². The molecule has 1 fully saturated rings. The number of hydrogen-bond acceptors (Lipinski definition) is 2. The summed E-state index contributed by atoms with van der Waals surface area (Å²) in [6, 6.07) is 16.0. The van der Waals surface area contributed by atoms with Crippen LogP contribution in [0.1, 0.15) is 5.56 Å². The zero-order valence-corrected chi connectivity index (χ0v) is 14.7. The molecule has 2 aromatic carbocycles. The molecule has 3 rings (SSSR count). The highest BCUT2D eigenvalue weighted by Crippen LogP contribution is 2.24. The number of piperazine rings is 1. The van der Waals surface area contributed by atoms with E-state index in [1.54, 1.807) is 0 Å². The van der Waals surface area contributed by atoms with Crippen LogP contribution in [0.4, 0.5) is 16.2 Å². The van der Waals surface area contributed by atoms with Gasteiger partial charge in [0.25, 0.3) is 0 Å². The van der Waals surface area contributed by atoms with Gasteiger partial charge in [0.2, 0.25) is 0 Å². The molecule has 0 saturated carbocycles. The summed E-state index contributed by atoms with van der Waals surface area (Å²) in [5.41, 5.74) is 3.27. The normalized spacial score (nSPS) is 14.7. The number of nitrogens with zero attached hydrogens (tertiary/aromatic N) is 2. The number of aryl methyl sites for hydroxylation is 1.